The van der Waals surface area contributed by atoms with Crippen molar-refractivity contribution in [2.24, 2.45) is 0 Å². The topological polar surface area (TPSA) is 38.3 Å². The summed E-state index contributed by atoms with van der Waals surface area (Å²) in [5.41, 5.74) is 0.955. The Hall–Kier alpha value is -1.91. The number of carbonyl (C=O) groups excluding carboxylic acids is 1. The van der Waals surface area contributed by atoms with Crippen LogP contribution in [0.1, 0.15) is 5.56 Å². The normalized spacial score (nSPS) is 10.7. The maximum Gasteiger partial charge on any atom is 0.244 e. The predicted molar refractivity (Wildman–Crippen MR) is 97.2 cm³/mol. The first-order chi connectivity index (χ1) is 11.2. The molecule has 0 fully saturated rings. The number of methoxy groups -OCH3 is 1. The lowest BCUT2D eigenvalue weighted by atomic mass is 10.2. The molecule has 0 saturated carbocycles. The molecule has 1 N–H and O–H groups in total. The highest BCUT2D eigenvalue weighted by molar-refractivity contribution is 7.99. The minimum atomic E-state index is -0.0995. The van der Waals surface area contributed by atoms with E-state index in [9.17, 15) is 4.79 Å². The molecule has 0 saturated heterocycles. The van der Waals surface area contributed by atoms with Crippen molar-refractivity contribution in [3.05, 3.63) is 65.2 Å². The fourth-order valence-corrected chi connectivity index (χ4v) is 2.71. The van der Waals surface area contributed by atoms with Crippen molar-refractivity contribution in [2.45, 2.75) is 4.90 Å². The summed E-state index contributed by atoms with van der Waals surface area (Å²) >= 11 is 7.51. The standard InChI is InChI=1S/C18H18ClNO2S/c1-22-16-7-2-14(3-8-16)4-11-18(21)20-12-13-23-17-9-5-15(19)6-10-17/h2-11H,12-13H2,1H3,(H,20,21)/b11-4+. The maximum atomic E-state index is 11.7. The van der Waals surface area contributed by atoms with E-state index in [1.54, 1.807) is 24.9 Å². The number of thioether (sulfide) groups is 1. The summed E-state index contributed by atoms with van der Waals surface area (Å²) in [4.78, 5) is 12.9. The Bertz CT molecular complexity index is 654. The average molecular weight is 348 g/mol. The van der Waals surface area contributed by atoms with Gasteiger partial charge in [0.2, 0.25) is 5.91 Å². The van der Waals surface area contributed by atoms with Crippen LogP contribution < -0.4 is 10.1 Å². The molecule has 2 aromatic rings. The van der Waals surface area contributed by atoms with Crippen LogP contribution in [0, 0.1) is 0 Å². The summed E-state index contributed by atoms with van der Waals surface area (Å²) in [7, 11) is 1.63. The van der Waals surface area contributed by atoms with E-state index in [1.807, 2.05) is 48.5 Å². The van der Waals surface area contributed by atoms with Gasteiger partial charge in [-0.15, -0.1) is 11.8 Å². The zero-order valence-electron chi connectivity index (χ0n) is 12.8. The summed E-state index contributed by atoms with van der Waals surface area (Å²) in [5.74, 6) is 1.51. The predicted octanol–water partition coefficient (Wildman–Crippen LogP) is 4.27. The Labute approximate surface area is 145 Å². The van der Waals surface area contributed by atoms with Gasteiger partial charge in [0.15, 0.2) is 0 Å². The SMILES string of the molecule is COc1ccc(/C=C/C(=O)NCCSc2ccc(Cl)cc2)cc1. The summed E-state index contributed by atoms with van der Waals surface area (Å²) < 4.78 is 5.09. The quantitative estimate of drug-likeness (QED) is 0.462. The van der Waals surface area contributed by atoms with Gasteiger partial charge >= 0.3 is 0 Å². The number of benzene rings is 2. The van der Waals surface area contributed by atoms with Gasteiger partial charge < -0.3 is 10.1 Å². The Morgan fingerprint density at radius 1 is 1.17 bits per heavy atom. The Kier molecular flexibility index (Phi) is 7.04. The van der Waals surface area contributed by atoms with Crippen LogP contribution in [-0.4, -0.2) is 25.3 Å². The lowest BCUT2D eigenvalue weighted by molar-refractivity contribution is -0.116. The Morgan fingerprint density at radius 2 is 1.87 bits per heavy atom. The Balaban J connectivity index is 1.69. The molecule has 0 aliphatic carbocycles. The van der Waals surface area contributed by atoms with Gasteiger partial charge in [-0.25, -0.2) is 0 Å². The van der Waals surface area contributed by atoms with Crippen LogP contribution in [-0.2, 0) is 4.79 Å². The summed E-state index contributed by atoms with van der Waals surface area (Å²) in [6, 6.07) is 15.2. The van der Waals surface area contributed by atoms with E-state index in [1.165, 1.54) is 6.08 Å². The molecule has 0 aliphatic heterocycles. The number of ether oxygens (including phenoxy) is 1. The molecule has 0 unspecified atom stereocenters. The van der Waals surface area contributed by atoms with E-state index in [-0.39, 0.29) is 5.91 Å². The molecular weight excluding hydrogens is 330 g/mol. The number of hydrogen-bond donors (Lipinski definition) is 1. The van der Waals surface area contributed by atoms with Gasteiger partial charge in [-0.2, -0.15) is 0 Å². The average Bonchev–Trinajstić information content (AvgIpc) is 2.59. The second kappa shape index (κ2) is 9.28. The smallest absolute Gasteiger partial charge is 0.244 e. The van der Waals surface area contributed by atoms with Gasteiger partial charge in [0.05, 0.1) is 7.11 Å². The van der Waals surface area contributed by atoms with E-state index in [0.29, 0.717) is 6.54 Å². The van der Waals surface area contributed by atoms with Crippen LogP contribution in [0.2, 0.25) is 5.02 Å². The third-order valence-corrected chi connectivity index (χ3v) is 4.29. The van der Waals surface area contributed by atoms with Gasteiger partial charge in [-0.3, -0.25) is 4.79 Å². The summed E-state index contributed by atoms with van der Waals surface area (Å²) in [5, 5.41) is 3.59. The second-order valence-electron chi connectivity index (χ2n) is 4.70. The first-order valence-electron chi connectivity index (χ1n) is 7.16. The van der Waals surface area contributed by atoms with E-state index in [2.05, 4.69) is 5.32 Å². The summed E-state index contributed by atoms with van der Waals surface area (Å²) in [6.45, 7) is 0.610. The number of nitrogens with one attached hydrogen (secondary N) is 1. The van der Waals surface area contributed by atoms with Gasteiger partial charge in [0.25, 0.3) is 0 Å². The molecule has 0 spiro atoms. The maximum absolute atomic E-state index is 11.7. The molecule has 0 aliphatic rings. The van der Waals surface area contributed by atoms with E-state index in [0.717, 1.165) is 27.0 Å². The highest BCUT2D eigenvalue weighted by atomic mass is 35.5. The monoisotopic (exact) mass is 347 g/mol. The molecule has 1 amide bonds. The number of halogens is 1. The molecule has 0 bridgehead atoms. The van der Waals surface area contributed by atoms with E-state index < -0.39 is 0 Å². The number of carbonyl (C=O) groups is 1. The fourth-order valence-electron chi connectivity index (χ4n) is 1.82. The van der Waals surface area contributed by atoms with Crippen LogP contribution >= 0.6 is 23.4 Å². The number of hydrogen-bond acceptors (Lipinski definition) is 3. The van der Waals surface area contributed by atoms with E-state index >= 15 is 0 Å². The largest absolute Gasteiger partial charge is 0.497 e. The van der Waals surface area contributed by atoms with Gasteiger partial charge in [-0.1, -0.05) is 23.7 Å². The molecule has 120 valence electrons. The molecule has 5 heteroatoms. The van der Waals surface area contributed by atoms with Crippen LogP contribution in [0.25, 0.3) is 6.08 Å². The molecule has 2 rings (SSSR count). The highest BCUT2D eigenvalue weighted by Gasteiger charge is 1.97. The molecule has 2 aromatic carbocycles. The molecule has 0 radical (unpaired) electrons. The lowest BCUT2D eigenvalue weighted by Crippen LogP contribution is -2.23. The van der Waals surface area contributed by atoms with Crippen LogP contribution in [0.4, 0.5) is 0 Å². The fraction of sp³-hybridized carbons (Fsp3) is 0.167. The molecule has 23 heavy (non-hydrogen) atoms. The molecule has 0 aromatic heterocycles. The van der Waals surface area contributed by atoms with Crippen molar-refractivity contribution in [1.29, 1.82) is 0 Å². The van der Waals surface area contributed by atoms with Crippen molar-refractivity contribution >= 4 is 35.3 Å². The molecule has 0 atom stereocenters. The van der Waals surface area contributed by atoms with Gasteiger partial charge in [-0.05, 0) is 48.0 Å². The Morgan fingerprint density at radius 3 is 2.52 bits per heavy atom. The summed E-state index contributed by atoms with van der Waals surface area (Å²) in [6.07, 6.45) is 3.32. The van der Waals surface area contributed by atoms with E-state index in [4.69, 9.17) is 16.3 Å². The zero-order chi connectivity index (χ0) is 16.5. The first-order valence-corrected chi connectivity index (χ1v) is 8.52. The van der Waals surface area contributed by atoms with Crippen molar-refractivity contribution in [1.82, 2.24) is 5.32 Å². The lowest BCUT2D eigenvalue weighted by Gasteiger charge is -2.03. The van der Waals surface area contributed by atoms with Crippen molar-refractivity contribution < 1.29 is 9.53 Å². The van der Waals surface area contributed by atoms with Gasteiger partial charge in [0.1, 0.15) is 5.75 Å². The minimum Gasteiger partial charge on any atom is -0.497 e. The first kappa shape index (κ1) is 17.4. The van der Waals surface area contributed by atoms with Crippen LogP contribution in [0.5, 0.6) is 5.75 Å². The van der Waals surface area contributed by atoms with Crippen molar-refractivity contribution in [2.75, 3.05) is 19.4 Å². The third-order valence-electron chi connectivity index (χ3n) is 3.03. The van der Waals surface area contributed by atoms with Crippen LogP contribution in [0.15, 0.2) is 59.5 Å². The molecule has 0 heterocycles. The zero-order valence-corrected chi connectivity index (χ0v) is 14.4. The number of rotatable bonds is 7. The molecular formula is C18H18ClNO2S. The van der Waals surface area contributed by atoms with Gasteiger partial charge in [0, 0.05) is 28.3 Å². The van der Waals surface area contributed by atoms with Crippen molar-refractivity contribution in [3.63, 3.8) is 0 Å². The van der Waals surface area contributed by atoms with Crippen molar-refractivity contribution in [3.8, 4) is 5.75 Å². The molecule has 3 nitrogen and oxygen atoms in total. The highest BCUT2D eigenvalue weighted by Crippen LogP contribution is 2.19. The minimum absolute atomic E-state index is 0.0995. The number of amides is 1. The van der Waals surface area contributed by atoms with Crippen LogP contribution in [0.3, 0.4) is 0 Å². The third kappa shape index (κ3) is 6.38. The second-order valence-corrected chi connectivity index (χ2v) is 6.30.